The molecule has 2 atom stereocenters. The number of nitrogens with zero attached hydrogens (tertiary/aromatic N) is 2. The van der Waals surface area contributed by atoms with Crippen LogP contribution < -0.4 is 0 Å². The largest absolute Gasteiger partial charge is 0.264 e. The van der Waals surface area contributed by atoms with Gasteiger partial charge in [0, 0.05) is 35.9 Å². The van der Waals surface area contributed by atoms with Gasteiger partial charge in [-0.2, -0.15) is 0 Å². The third-order valence-corrected chi connectivity index (χ3v) is 10.00. The summed E-state index contributed by atoms with van der Waals surface area (Å²) < 4.78 is 0.0314. The van der Waals surface area contributed by atoms with Gasteiger partial charge in [0.25, 0.3) is 0 Å². The highest BCUT2D eigenvalue weighted by Gasteiger charge is 2.60. The molecule has 0 aromatic carbocycles. The maximum atomic E-state index is 4.40. The zero-order valence-electron chi connectivity index (χ0n) is 16.6. The van der Waals surface area contributed by atoms with E-state index in [0.29, 0.717) is 0 Å². The van der Waals surface area contributed by atoms with E-state index in [2.05, 4.69) is 58.9 Å². The molecule has 6 rings (SSSR count). The third-order valence-electron chi connectivity index (χ3n) is 6.99. The van der Waals surface area contributed by atoms with Gasteiger partial charge in [-0.25, -0.2) is 0 Å². The summed E-state index contributed by atoms with van der Waals surface area (Å²) in [4.78, 5) is 8.81. The van der Waals surface area contributed by atoms with Crippen molar-refractivity contribution in [1.29, 1.82) is 0 Å². The number of hydrogen-bond donors (Lipinski definition) is 0. The van der Waals surface area contributed by atoms with E-state index in [1.807, 2.05) is 48.3 Å². The fraction of sp³-hybridized carbons (Fsp3) is 0.280. The lowest BCUT2D eigenvalue weighted by atomic mass is 9.67. The molecule has 1 fully saturated rings. The fourth-order valence-corrected chi connectivity index (χ4v) is 8.33. The van der Waals surface area contributed by atoms with Gasteiger partial charge in [0.15, 0.2) is 0 Å². The molecule has 4 aliphatic rings. The maximum Gasteiger partial charge on any atom is 0.0618 e. The molecule has 2 aromatic rings. The fourth-order valence-electron chi connectivity index (χ4n) is 5.47. The van der Waals surface area contributed by atoms with Gasteiger partial charge in [-0.15, -0.1) is 23.5 Å². The van der Waals surface area contributed by atoms with Gasteiger partial charge in [-0.05, 0) is 89.5 Å². The first-order chi connectivity index (χ1) is 14.1. The summed E-state index contributed by atoms with van der Waals surface area (Å²) in [5.74, 6) is 0. The molecule has 0 saturated heterocycles. The van der Waals surface area contributed by atoms with E-state index in [4.69, 9.17) is 0 Å². The maximum absolute atomic E-state index is 4.40. The van der Waals surface area contributed by atoms with E-state index in [9.17, 15) is 0 Å². The Hall–Kier alpha value is -2.04. The molecule has 0 radical (unpaired) electrons. The second kappa shape index (κ2) is 6.23. The monoisotopic (exact) mass is 414 g/mol. The van der Waals surface area contributed by atoms with Crippen molar-refractivity contribution in [3.05, 3.63) is 93.3 Å². The molecule has 4 heterocycles. The Balaban J connectivity index is 1.60. The Labute approximate surface area is 180 Å². The number of hydrogen-bond acceptors (Lipinski definition) is 4. The van der Waals surface area contributed by atoms with E-state index < -0.39 is 0 Å². The van der Waals surface area contributed by atoms with Crippen molar-refractivity contribution in [3.63, 3.8) is 0 Å². The van der Waals surface area contributed by atoms with Crippen molar-refractivity contribution >= 4 is 34.7 Å². The first kappa shape index (κ1) is 17.8. The van der Waals surface area contributed by atoms with Crippen molar-refractivity contribution in [2.75, 3.05) is 0 Å². The summed E-state index contributed by atoms with van der Waals surface area (Å²) in [6.07, 6.45) is 11.4. The molecular weight excluding hydrogens is 392 g/mol. The van der Waals surface area contributed by atoms with E-state index in [1.165, 1.54) is 41.5 Å². The Bertz CT molecular complexity index is 1050. The average Bonchev–Trinajstić information content (AvgIpc) is 3.45. The Morgan fingerprint density at radius 2 is 1.24 bits per heavy atom. The van der Waals surface area contributed by atoms with Crippen LogP contribution in [0, 0.1) is 0 Å². The zero-order valence-corrected chi connectivity index (χ0v) is 18.2. The predicted molar refractivity (Wildman–Crippen MR) is 124 cm³/mol. The molecule has 1 saturated carbocycles. The van der Waals surface area contributed by atoms with Crippen molar-refractivity contribution in [3.8, 4) is 0 Å². The minimum absolute atomic E-state index is 0.0157. The molecule has 144 valence electrons. The van der Waals surface area contributed by atoms with Crippen molar-refractivity contribution in [2.45, 2.75) is 42.6 Å². The molecule has 2 aromatic heterocycles. The zero-order chi connectivity index (χ0) is 19.6. The molecule has 29 heavy (non-hydrogen) atoms. The second-order valence-electron chi connectivity index (χ2n) is 8.41. The van der Waals surface area contributed by atoms with Gasteiger partial charge in [0.1, 0.15) is 0 Å². The van der Waals surface area contributed by atoms with Gasteiger partial charge in [0.2, 0.25) is 0 Å². The highest BCUT2D eigenvalue weighted by Crippen LogP contribution is 2.70. The number of allylic oxidation sites excluding steroid dienone is 4. The standard InChI is InChI=1S/C25H22N2S2/c1-24-22(20(14-28-24)16-6-4-10-26-12-16)18-8-3-9-19(18)23-21(15-29-25(23,24)2)17-7-5-11-27-13-17/h4-7,10-15H,3,8-9H2,1-2H3. The van der Waals surface area contributed by atoms with Gasteiger partial charge >= 0.3 is 0 Å². The lowest BCUT2D eigenvalue weighted by molar-refractivity contribution is 0.612. The quantitative estimate of drug-likeness (QED) is 0.549. The number of fused-ring (bicyclic) bond motifs is 4. The lowest BCUT2D eigenvalue weighted by Gasteiger charge is -2.48. The van der Waals surface area contributed by atoms with Crippen molar-refractivity contribution in [1.82, 2.24) is 9.97 Å². The smallest absolute Gasteiger partial charge is 0.0618 e. The minimum atomic E-state index is 0.0157. The number of aromatic nitrogens is 2. The minimum Gasteiger partial charge on any atom is -0.264 e. The molecule has 4 heteroatoms. The topological polar surface area (TPSA) is 25.8 Å². The Kier molecular flexibility index (Phi) is 3.82. The lowest BCUT2D eigenvalue weighted by Crippen LogP contribution is -2.48. The molecule has 2 nitrogen and oxygen atoms in total. The number of pyridine rings is 2. The average molecular weight is 415 g/mol. The van der Waals surface area contributed by atoms with E-state index in [1.54, 1.807) is 22.3 Å². The molecule has 0 spiro atoms. The van der Waals surface area contributed by atoms with Crippen LogP contribution in [0.25, 0.3) is 11.1 Å². The van der Waals surface area contributed by atoms with Crippen molar-refractivity contribution < 1.29 is 0 Å². The molecule has 0 N–H and O–H groups in total. The molecule has 0 bridgehead atoms. The predicted octanol–water partition coefficient (Wildman–Crippen LogP) is 6.66. The Morgan fingerprint density at radius 1 is 0.759 bits per heavy atom. The van der Waals surface area contributed by atoms with Crippen LogP contribution in [0.5, 0.6) is 0 Å². The molecule has 2 unspecified atom stereocenters. The molecule has 2 aliphatic heterocycles. The third kappa shape index (κ3) is 2.27. The molecular formula is C25H22N2S2. The van der Waals surface area contributed by atoms with Gasteiger partial charge in [0.05, 0.1) is 9.49 Å². The van der Waals surface area contributed by atoms with Crippen LogP contribution in [0.2, 0.25) is 0 Å². The SMILES string of the molecule is CC12SC=C(c3cccnc3)C1=C1CCCC1=C1C(c3cccnc3)=CSC12C. The van der Waals surface area contributed by atoms with Crippen LogP contribution >= 0.6 is 23.5 Å². The van der Waals surface area contributed by atoms with Crippen LogP contribution in [0.3, 0.4) is 0 Å². The van der Waals surface area contributed by atoms with Gasteiger partial charge in [-0.1, -0.05) is 12.1 Å². The van der Waals surface area contributed by atoms with Crippen LogP contribution in [0.1, 0.15) is 44.2 Å². The molecule has 0 amide bonds. The van der Waals surface area contributed by atoms with Crippen LogP contribution in [0.15, 0.2) is 82.2 Å². The second-order valence-corrected chi connectivity index (χ2v) is 11.0. The first-order valence-corrected chi connectivity index (χ1v) is 11.9. The summed E-state index contributed by atoms with van der Waals surface area (Å²) in [6.45, 7) is 4.92. The Morgan fingerprint density at radius 3 is 1.66 bits per heavy atom. The summed E-state index contributed by atoms with van der Waals surface area (Å²) >= 11 is 4.00. The van der Waals surface area contributed by atoms with E-state index in [-0.39, 0.29) is 9.49 Å². The van der Waals surface area contributed by atoms with Crippen LogP contribution in [-0.2, 0) is 0 Å². The first-order valence-electron chi connectivity index (χ1n) is 10.2. The summed E-state index contributed by atoms with van der Waals surface area (Å²) in [6, 6.07) is 8.51. The summed E-state index contributed by atoms with van der Waals surface area (Å²) in [5.41, 5.74) is 11.6. The number of thioether (sulfide) groups is 2. The normalized spacial score (nSPS) is 30.1. The van der Waals surface area contributed by atoms with Crippen molar-refractivity contribution in [2.24, 2.45) is 0 Å². The van der Waals surface area contributed by atoms with Crippen LogP contribution in [0.4, 0.5) is 0 Å². The van der Waals surface area contributed by atoms with E-state index in [0.717, 1.165) is 0 Å². The summed E-state index contributed by atoms with van der Waals surface area (Å²) in [7, 11) is 0. The number of rotatable bonds is 2. The highest BCUT2D eigenvalue weighted by molar-refractivity contribution is 8.08. The highest BCUT2D eigenvalue weighted by atomic mass is 32.2. The summed E-state index contributed by atoms with van der Waals surface area (Å²) in [5, 5.41) is 4.79. The van der Waals surface area contributed by atoms with Crippen LogP contribution in [-0.4, -0.2) is 19.5 Å². The van der Waals surface area contributed by atoms with E-state index >= 15 is 0 Å². The van der Waals surface area contributed by atoms with Gasteiger partial charge < -0.3 is 0 Å². The molecule has 2 aliphatic carbocycles. The van der Waals surface area contributed by atoms with Gasteiger partial charge in [-0.3, -0.25) is 9.97 Å².